The predicted octanol–water partition coefficient (Wildman–Crippen LogP) is 3.93. The number of hydrogen-bond donors (Lipinski definition) is 0. The maximum absolute atomic E-state index is 11.1. The summed E-state index contributed by atoms with van der Waals surface area (Å²) in [6.45, 7) is 3.74. The molecule has 1 aromatic carbocycles. The molecule has 0 N–H and O–H groups in total. The quantitative estimate of drug-likeness (QED) is 0.142. The molecule has 0 heterocycles. The third kappa shape index (κ3) is 5.87. The highest BCUT2D eigenvalue weighted by Crippen LogP contribution is 2.29. The third-order valence-corrected chi connectivity index (χ3v) is 7.42. The van der Waals surface area contributed by atoms with Gasteiger partial charge in [0.25, 0.3) is 0 Å². The Balaban J connectivity index is 2.91. The van der Waals surface area contributed by atoms with E-state index in [-0.39, 0.29) is 12.3 Å². The summed E-state index contributed by atoms with van der Waals surface area (Å²) in [4.78, 5) is 11.1. The van der Waals surface area contributed by atoms with Gasteiger partial charge in [-0.3, -0.25) is 0 Å². The Morgan fingerprint density at radius 3 is 2.45 bits per heavy atom. The zero-order valence-corrected chi connectivity index (χ0v) is 18.8. The molecule has 1 rings (SSSR count). The first-order valence-corrected chi connectivity index (χ1v) is 9.68. The molecule has 0 aliphatic heterocycles. The Kier molecular flexibility index (Phi) is 9.74. The van der Waals surface area contributed by atoms with Crippen molar-refractivity contribution in [3.05, 3.63) is 40.6 Å². The molecular weight excluding hydrogens is 625 g/mol. The molecule has 0 aromatic heterocycles. The van der Waals surface area contributed by atoms with Crippen molar-refractivity contribution >= 4 is 73.7 Å². The summed E-state index contributed by atoms with van der Waals surface area (Å²) in [6, 6.07) is 2.14. The Bertz CT molecular complexity index is 542. The highest BCUT2D eigenvalue weighted by molar-refractivity contribution is 14.1. The SMILES string of the molecule is C=CC(=O)OCCc1c(I)cc(CC(OC)OC)c(I)c1I. The minimum Gasteiger partial charge on any atom is -0.462 e. The van der Waals surface area contributed by atoms with Crippen LogP contribution in [0.1, 0.15) is 11.1 Å². The molecule has 1 aromatic rings. The minimum atomic E-state index is -0.389. The number of ether oxygens (including phenoxy) is 3. The van der Waals surface area contributed by atoms with Crippen LogP contribution in [0.5, 0.6) is 0 Å². The summed E-state index contributed by atoms with van der Waals surface area (Å²) in [5.74, 6) is -0.389. The molecule has 0 spiro atoms. The molecule has 0 aliphatic rings. The Morgan fingerprint density at radius 1 is 1.27 bits per heavy atom. The number of halogens is 3. The van der Waals surface area contributed by atoms with Crippen LogP contribution in [0.2, 0.25) is 0 Å². The number of carbonyl (C=O) groups excluding carboxylic acids is 1. The van der Waals surface area contributed by atoms with Crippen molar-refractivity contribution in [3.63, 3.8) is 0 Å². The van der Waals surface area contributed by atoms with Crippen LogP contribution in [0.15, 0.2) is 18.7 Å². The van der Waals surface area contributed by atoms with E-state index in [4.69, 9.17) is 14.2 Å². The summed E-state index contributed by atoms with van der Waals surface area (Å²) >= 11 is 6.99. The van der Waals surface area contributed by atoms with Gasteiger partial charge in [0, 0.05) is 43.8 Å². The topological polar surface area (TPSA) is 44.8 Å². The minimum absolute atomic E-state index is 0.250. The first kappa shape index (κ1) is 20.6. The largest absolute Gasteiger partial charge is 0.462 e. The lowest BCUT2D eigenvalue weighted by Crippen LogP contribution is -2.18. The molecule has 0 amide bonds. The number of esters is 1. The molecule has 0 radical (unpaired) electrons. The van der Waals surface area contributed by atoms with Gasteiger partial charge in [0.05, 0.1) is 6.61 Å². The first-order valence-electron chi connectivity index (χ1n) is 6.44. The molecular formula is C15H17I3O4. The van der Waals surface area contributed by atoms with Gasteiger partial charge in [-0.1, -0.05) is 6.58 Å². The molecule has 0 saturated heterocycles. The van der Waals surface area contributed by atoms with Crippen LogP contribution in [-0.4, -0.2) is 33.1 Å². The Labute approximate surface area is 171 Å². The summed E-state index contributed by atoms with van der Waals surface area (Å²) in [7, 11) is 3.28. The molecule has 0 atom stereocenters. The smallest absolute Gasteiger partial charge is 0.330 e. The van der Waals surface area contributed by atoms with Crippen molar-refractivity contribution in [2.45, 2.75) is 19.1 Å². The molecule has 0 aliphatic carbocycles. The van der Waals surface area contributed by atoms with Gasteiger partial charge in [0.15, 0.2) is 6.29 Å². The van der Waals surface area contributed by atoms with E-state index in [1.54, 1.807) is 14.2 Å². The summed E-state index contributed by atoms with van der Waals surface area (Å²) in [6.07, 6.45) is 2.31. The van der Waals surface area contributed by atoms with Gasteiger partial charge >= 0.3 is 5.97 Å². The van der Waals surface area contributed by atoms with E-state index in [0.29, 0.717) is 19.4 Å². The van der Waals surface area contributed by atoms with E-state index in [0.717, 1.165) is 3.57 Å². The lowest BCUT2D eigenvalue weighted by atomic mass is 10.1. The number of rotatable bonds is 8. The van der Waals surface area contributed by atoms with Gasteiger partial charge in [-0.25, -0.2) is 4.79 Å². The van der Waals surface area contributed by atoms with Crippen LogP contribution in [0.3, 0.4) is 0 Å². The van der Waals surface area contributed by atoms with E-state index in [1.807, 2.05) is 0 Å². The molecule has 0 bridgehead atoms. The second kappa shape index (κ2) is 10.4. The van der Waals surface area contributed by atoms with Crippen LogP contribution < -0.4 is 0 Å². The Morgan fingerprint density at radius 2 is 1.91 bits per heavy atom. The summed E-state index contributed by atoms with van der Waals surface area (Å²) in [5, 5.41) is 0. The van der Waals surface area contributed by atoms with Gasteiger partial charge < -0.3 is 14.2 Å². The summed E-state index contributed by atoms with van der Waals surface area (Å²) < 4.78 is 19.1. The van der Waals surface area contributed by atoms with Crippen LogP contribution in [0.25, 0.3) is 0 Å². The van der Waals surface area contributed by atoms with Gasteiger partial charge in [-0.05, 0) is 85.0 Å². The van der Waals surface area contributed by atoms with E-state index < -0.39 is 0 Å². The van der Waals surface area contributed by atoms with Crippen molar-refractivity contribution in [1.82, 2.24) is 0 Å². The van der Waals surface area contributed by atoms with Crippen molar-refractivity contribution in [2.75, 3.05) is 20.8 Å². The predicted molar refractivity (Wildman–Crippen MR) is 111 cm³/mol. The van der Waals surface area contributed by atoms with Gasteiger partial charge in [0.2, 0.25) is 0 Å². The summed E-state index contributed by atoms with van der Waals surface area (Å²) in [5.41, 5.74) is 2.38. The average Bonchev–Trinajstić information content (AvgIpc) is 2.52. The van der Waals surface area contributed by atoms with Gasteiger partial charge in [0.1, 0.15) is 0 Å². The highest BCUT2D eigenvalue weighted by atomic mass is 127. The number of methoxy groups -OCH3 is 2. The molecule has 7 heteroatoms. The van der Waals surface area contributed by atoms with Crippen LogP contribution in [-0.2, 0) is 31.8 Å². The van der Waals surface area contributed by atoms with E-state index >= 15 is 0 Å². The molecule has 0 unspecified atom stereocenters. The number of hydrogen-bond acceptors (Lipinski definition) is 4. The molecule has 0 saturated carbocycles. The number of carbonyl (C=O) groups is 1. The van der Waals surface area contributed by atoms with Gasteiger partial charge in [-0.15, -0.1) is 0 Å². The Hall–Kier alpha value is 0.540. The van der Waals surface area contributed by atoms with Crippen molar-refractivity contribution in [2.24, 2.45) is 0 Å². The number of benzene rings is 1. The fourth-order valence-corrected chi connectivity index (χ4v) is 4.85. The fourth-order valence-electron chi connectivity index (χ4n) is 1.81. The zero-order valence-electron chi connectivity index (χ0n) is 12.3. The standard InChI is InChI=1S/C15H17I3O4/c1-4-12(19)22-6-5-10-11(16)7-9(14(17)15(10)18)8-13(20-2)21-3/h4,7,13H,1,5-6,8H2,2-3H3. The first-order chi connectivity index (χ1) is 10.4. The van der Waals surface area contributed by atoms with Crippen molar-refractivity contribution in [3.8, 4) is 0 Å². The fraction of sp³-hybridized carbons (Fsp3) is 0.400. The van der Waals surface area contributed by atoms with Crippen LogP contribution in [0, 0.1) is 10.7 Å². The maximum atomic E-state index is 11.1. The molecule has 22 heavy (non-hydrogen) atoms. The lowest BCUT2D eigenvalue weighted by molar-refractivity contribution is -0.137. The normalized spacial score (nSPS) is 10.8. The van der Waals surface area contributed by atoms with E-state index in [1.165, 1.54) is 24.3 Å². The third-order valence-electron chi connectivity index (χ3n) is 3.00. The lowest BCUT2D eigenvalue weighted by Gasteiger charge is -2.17. The molecule has 4 nitrogen and oxygen atoms in total. The zero-order chi connectivity index (χ0) is 16.7. The van der Waals surface area contributed by atoms with E-state index in [2.05, 4.69) is 80.4 Å². The van der Waals surface area contributed by atoms with Crippen molar-refractivity contribution < 1.29 is 19.0 Å². The highest BCUT2D eigenvalue weighted by Gasteiger charge is 2.17. The van der Waals surface area contributed by atoms with Crippen molar-refractivity contribution in [1.29, 1.82) is 0 Å². The monoisotopic (exact) mass is 642 g/mol. The maximum Gasteiger partial charge on any atom is 0.330 e. The molecule has 122 valence electrons. The van der Waals surface area contributed by atoms with Crippen LogP contribution >= 0.6 is 67.8 Å². The average molecular weight is 642 g/mol. The second-order valence-corrected chi connectivity index (χ2v) is 7.67. The van der Waals surface area contributed by atoms with E-state index in [9.17, 15) is 4.79 Å². The van der Waals surface area contributed by atoms with Crippen LogP contribution in [0.4, 0.5) is 0 Å². The molecule has 0 fully saturated rings. The van der Waals surface area contributed by atoms with Gasteiger partial charge in [-0.2, -0.15) is 0 Å². The second-order valence-electron chi connectivity index (χ2n) is 4.35.